The number of hydrogen-bond acceptors (Lipinski definition) is 3. The van der Waals surface area contributed by atoms with E-state index in [9.17, 15) is 14.4 Å². The van der Waals surface area contributed by atoms with Crippen molar-refractivity contribution in [2.24, 2.45) is 0 Å². The molecular formula is C22H23N3O3. The van der Waals surface area contributed by atoms with Crippen LogP contribution in [0.2, 0.25) is 0 Å². The molecule has 4 amide bonds. The predicted molar refractivity (Wildman–Crippen MR) is 104 cm³/mol. The quantitative estimate of drug-likeness (QED) is 0.804. The molecule has 1 spiro atoms. The summed E-state index contributed by atoms with van der Waals surface area (Å²) in [6.07, 6.45) is 4.08. The Morgan fingerprint density at radius 1 is 0.893 bits per heavy atom. The predicted octanol–water partition coefficient (Wildman–Crippen LogP) is 3.10. The second-order valence-corrected chi connectivity index (χ2v) is 7.44. The molecule has 2 aromatic rings. The average Bonchev–Trinajstić information content (AvgIpc) is 2.94. The Kier molecular flexibility index (Phi) is 4.86. The van der Waals surface area contributed by atoms with Crippen LogP contribution in [0.1, 0.15) is 49.1 Å². The van der Waals surface area contributed by atoms with Crippen LogP contribution in [0, 0.1) is 0 Å². The zero-order chi connectivity index (χ0) is 19.6. The van der Waals surface area contributed by atoms with Crippen LogP contribution in [-0.2, 0) is 9.59 Å². The fourth-order valence-electron chi connectivity index (χ4n) is 4.18. The van der Waals surface area contributed by atoms with Gasteiger partial charge in [-0.25, -0.2) is 4.79 Å². The summed E-state index contributed by atoms with van der Waals surface area (Å²) in [7, 11) is 0. The maximum Gasteiger partial charge on any atom is 0.344 e. The Morgan fingerprint density at radius 3 is 1.96 bits per heavy atom. The number of hydrogen-bond donors (Lipinski definition) is 2. The lowest BCUT2D eigenvalue weighted by molar-refractivity contribution is -0.140. The van der Waals surface area contributed by atoms with Gasteiger partial charge in [-0.05, 0) is 24.0 Å². The summed E-state index contributed by atoms with van der Waals surface area (Å²) in [4.78, 5) is 38.6. The normalized spacial score (nSPS) is 18.4. The van der Waals surface area contributed by atoms with Crippen molar-refractivity contribution in [2.45, 2.75) is 43.6 Å². The number of nitrogens with zero attached hydrogens (tertiary/aromatic N) is 1. The molecule has 1 heterocycles. The number of urea groups is 1. The number of imide groups is 1. The number of carbonyl (C=O) groups excluding carboxylic acids is 3. The highest BCUT2D eigenvalue weighted by atomic mass is 16.2. The lowest BCUT2D eigenvalue weighted by Crippen LogP contribution is -2.51. The van der Waals surface area contributed by atoms with Gasteiger partial charge in [0.1, 0.15) is 5.54 Å². The highest BCUT2D eigenvalue weighted by Gasteiger charge is 2.52. The molecule has 2 fully saturated rings. The third-order valence-electron chi connectivity index (χ3n) is 5.62. The van der Waals surface area contributed by atoms with Gasteiger partial charge >= 0.3 is 6.03 Å². The molecule has 6 nitrogen and oxygen atoms in total. The number of nitrogens with one attached hydrogen (secondary N) is 2. The van der Waals surface area contributed by atoms with E-state index < -0.39 is 23.4 Å². The minimum absolute atomic E-state index is 0.356. The summed E-state index contributed by atoms with van der Waals surface area (Å²) in [5.41, 5.74) is 3.31. The first-order valence-corrected chi connectivity index (χ1v) is 9.68. The van der Waals surface area contributed by atoms with Crippen molar-refractivity contribution in [1.82, 2.24) is 15.8 Å². The lowest BCUT2D eigenvalue weighted by atomic mass is 9.82. The molecule has 2 aromatic carbocycles. The van der Waals surface area contributed by atoms with Gasteiger partial charge in [-0.3, -0.25) is 15.0 Å². The van der Waals surface area contributed by atoms with Crippen LogP contribution in [-0.4, -0.2) is 28.4 Å². The molecule has 1 saturated heterocycles. The van der Waals surface area contributed by atoms with E-state index in [0.717, 1.165) is 35.4 Å². The van der Waals surface area contributed by atoms with Crippen LogP contribution in [0.4, 0.5) is 4.79 Å². The standard InChI is InChI=1S/C22H23N3O3/c26-19(18(16-10-4-1-5-11-16)17-12-6-2-7-13-17)24-25-20(27)22(23-21(25)28)14-8-3-9-15-22/h1-2,4-7,10-13,18H,3,8-9,14-15H2,(H,23,28)(H,24,26). The van der Waals surface area contributed by atoms with E-state index in [1.807, 2.05) is 60.7 Å². The first kappa shape index (κ1) is 18.2. The average molecular weight is 377 g/mol. The van der Waals surface area contributed by atoms with Crippen molar-refractivity contribution >= 4 is 17.8 Å². The molecule has 2 aliphatic rings. The van der Waals surface area contributed by atoms with Crippen molar-refractivity contribution in [1.29, 1.82) is 0 Å². The molecule has 0 radical (unpaired) electrons. The van der Waals surface area contributed by atoms with Gasteiger partial charge < -0.3 is 5.32 Å². The Morgan fingerprint density at radius 2 is 1.43 bits per heavy atom. The lowest BCUT2D eigenvalue weighted by Gasteiger charge is -2.30. The van der Waals surface area contributed by atoms with Gasteiger partial charge in [0.05, 0.1) is 5.92 Å². The van der Waals surface area contributed by atoms with Gasteiger partial charge in [-0.1, -0.05) is 79.9 Å². The van der Waals surface area contributed by atoms with E-state index in [1.54, 1.807) is 0 Å². The Labute approximate surface area is 163 Å². The smallest absolute Gasteiger partial charge is 0.322 e. The summed E-state index contributed by atoms with van der Waals surface area (Å²) in [6, 6.07) is 18.1. The number of hydrazine groups is 1. The first-order chi connectivity index (χ1) is 13.6. The largest absolute Gasteiger partial charge is 0.344 e. The van der Waals surface area contributed by atoms with Crippen LogP contribution in [0.25, 0.3) is 0 Å². The van der Waals surface area contributed by atoms with Crippen molar-refractivity contribution < 1.29 is 14.4 Å². The number of rotatable bonds is 4. The Hall–Kier alpha value is -3.15. The van der Waals surface area contributed by atoms with Crippen LogP contribution >= 0.6 is 0 Å². The third kappa shape index (κ3) is 3.26. The van der Waals surface area contributed by atoms with Gasteiger partial charge in [0.15, 0.2) is 0 Å². The fraction of sp³-hybridized carbons (Fsp3) is 0.318. The molecular weight excluding hydrogens is 354 g/mol. The molecule has 1 aliphatic carbocycles. The monoisotopic (exact) mass is 377 g/mol. The molecule has 6 heteroatoms. The summed E-state index contributed by atoms with van der Waals surface area (Å²) < 4.78 is 0. The van der Waals surface area contributed by atoms with E-state index in [2.05, 4.69) is 10.7 Å². The topological polar surface area (TPSA) is 78.5 Å². The van der Waals surface area contributed by atoms with Gasteiger partial charge in [0, 0.05) is 0 Å². The molecule has 0 bridgehead atoms. The minimum Gasteiger partial charge on any atom is -0.322 e. The van der Waals surface area contributed by atoms with Gasteiger partial charge in [-0.2, -0.15) is 5.01 Å². The van der Waals surface area contributed by atoms with Crippen molar-refractivity contribution in [3.8, 4) is 0 Å². The van der Waals surface area contributed by atoms with Crippen LogP contribution in [0.3, 0.4) is 0 Å². The van der Waals surface area contributed by atoms with E-state index in [1.165, 1.54) is 0 Å². The van der Waals surface area contributed by atoms with E-state index in [0.29, 0.717) is 12.8 Å². The summed E-state index contributed by atoms with van der Waals surface area (Å²) >= 11 is 0. The molecule has 28 heavy (non-hydrogen) atoms. The van der Waals surface area contributed by atoms with E-state index >= 15 is 0 Å². The Balaban J connectivity index is 1.60. The minimum atomic E-state index is -0.863. The van der Waals surface area contributed by atoms with Crippen LogP contribution < -0.4 is 10.7 Å². The second kappa shape index (κ2) is 7.46. The maximum absolute atomic E-state index is 13.2. The highest BCUT2D eigenvalue weighted by Crippen LogP contribution is 2.33. The molecule has 144 valence electrons. The third-order valence-corrected chi connectivity index (χ3v) is 5.62. The zero-order valence-electron chi connectivity index (χ0n) is 15.6. The molecule has 1 aliphatic heterocycles. The van der Waals surface area contributed by atoms with Gasteiger partial charge in [0.25, 0.3) is 11.8 Å². The fourth-order valence-corrected chi connectivity index (χ4v) is 4.18. The number of amides is 4. The van der Waals surface area contributed by atoms with Crippen molar-refractivity contribution in [2.75, 3.05) is 0 Å². The van der Waals surface area contributed by atoms with Crippen molar-refractivity contribution in [3.05, 3.63) is 71.8 Å². The summed E-state index contributed by atoms with van der Waals surface area (Å²) in [6.45, 7) is 0. The molecule has 0 aromatic heterocycles. The summed E-state index contributed by atoms with van der Waals surface area (Å²) in [5, 5.41) is 3.68. The molecule has 2 N–H and O–H groups in total. The van der Waals surface area contributed by atoms with Gasteiger partial charge in [-0.15, -0.1) is 0 Å². The molecule has 1 saturated carbocycles. The number of carbonyl (C=O) groups is 3. The Bertz CT molecular complexity index is 837. The van der Waals surface area contributed by atoms with Crippen LogP contribution in [0.15, 0.2) is 60.7 Å². The molecule has 4 rings (SSSR count). The molecule has 0 atom stereocenters. The zero-order valence-corrected chi connectivity index (χ0v) is 15.6. The molecule has 0 unspecified atom stereocenters. The SMILES string of the molecule is O=C(NN1C(=O)NC2(CCCCC2)C1=O)C(c1ccccc1)c1ccccc1. The number of benzene rings is 2. The van der Waals surface area contributed by atoms with Gasteiger partial charge in [0.2, 0.25) is 0 Å². The van der Waals surface area contributed by atoms with E-state index in [4.69, 9.17) is 0 Å². The first-order valence-electron chi connectivity index (χ1n) is 9.68. The van der Waals surface area contributed by atoms with Crippen LogP contribution in [0.5, 0.6) is 0 Å². The highest BCUT2D eigenvalue weighted by molar-refractivity contribution is 6.08. The van der Waals surface area contributed by atoms with Crippen molar-refractivity contribution in [3.63, 3.8) is 0 Å². The maximum atomic E-state index is 13.2. The second-order valence-electron chi connectivity index (χ2n) is 7.44. The van der Waals surface area contributed by atoms with E-state index in [-0.39, 0.29) is 5.91 Å². The summed E-state index contributed by atoms with van der Waals surface area (Å²) in [5.74, 6) is -1.38.